The highest BCUT2D eigenvalue weighted by atomic mass is 16.5. The molecule has 0 unspecified atom stereocenters. The van der Waals surface area contributed by atoms with Crippen molar-refractivity contribution in [2.24, 2.45) is 0 Å². The van der Waals surface area contributed by atoms with Crippen LogP contribution in [0.4, 0.5) is 16.2 Å². The summed E-state index contributed by atoms with van der Waals surface area (Å²) in [6.07, 6.45) is 3.04. The van der Waals surface area contributed by atoms with Crippen molar-refractivity contribution in [2.45, 2.75) is 32.7 Å². The van der Waals surface area contributed by atoms with Gasteiger partial charge < -0.3 is 20.5 Å². The number of benzene rings is 3. The van der Waals surface area contributed by atoms with Crippen LogP contribution >= 0.6 is 0 Å². The molecule has 4 aromatic rings. The van der Waals surface area contributed by atoms with Crippen molar-refractivity contribution in [3.63, 3.8) is 0 Å². The number of anilines is 2. The molecule has 0 aliphatic heterocycles. The Kier molecular flexibility index (Phi) is 8.40. The van der Waals surface area contributed by atoms with Gasteiger partial charge in [0, 0.05) is 11.9 Å². The number of hydrogen-bond donors (Lipinski definition) is 3. The maximum atomic E-state index is 13.3. The lowest BCUT2D eigenvalue weighted by Crippen LogP contribution is -2.22. The maximum Gasteiger partial charge on any atom is 0.323 e. The van der Waals surface area contributed by atoms with Gasteiger partial charge in [-0.2, -0.15) is 0 Å². The van der Waals surface area contributed by atoms with Crippen LogP contribution in [0.2, 0.25) is 0 Å². The summed E-state index contributed by atoms with van der Waals surface area (Å²) in [6, 6.07) is 19.7. The molecule has 4 rings (SSSR count). The summed E-state index contributed by atoms with van der Waals surface area (Å²) in [4.78, 5) is 41.1. The van der Waals surface area contributed by atoms with Gasteiger partial charge in [0.1, 0.15) is 5.75 Å². The molecule has 0 saturated heterocycles. The molecule has 200 valence electrons. The van der Waals surface area contributed by atoms with Crippen molar-refractivity contribution < 1.29 is 19.4 Å². The number of carboxylic acids is 1. The molecule has 1 atom stereocenters. The normalized spacial score (nSPS) is 11.5. The zero-order valence-corrected chi connectivity index (χ0v) is 22.0. The van der Waals surface area contributed by atoms with Crippen molar-refractivity contribution in [2.75, 3.05) is 17.7 Å². The first-order chi connectivity index (χ1) is 18.7. The maximum absolute atomic E-state index is 13.3. The number of hydrogen-bond acceptors (Lipinski definition) is 5. The molecular formula is C30H30N4O5. The number of carboxylic acid groups (broad SMARTS) is 1. The minimum absolute atomic E-state index is 0.0555. The molecule has 9 heteroatoms. The summed E-state index contributed by atoms with van der Waals surface area (Å²) in [6.45, 7) is 4.08. The first kappa shape index (κ1) is 27.1. The third kappa shape index (κ3) is 6.70. The number of ether oxygens (including phenoxy) is 1. The van der Waals surface area contributed by atoms with Crippen molar-refractivity contribution in [1.29, 1.82) is 0 Å². The molecule has 2 amide bonds. The molecule has 0 bridgehead atoms. The number of urea groups is 1. The zero-order valence-electron chi connectivity index (χ0n) is 22.0. The van der Waals surface area contributed by atoms with Gasteiger partial charge in [-0.1, -0.05) is 55.5 Å². The number of nitrogens with one attached hydrogen (secondary N) is 2. The lowest BCUT2D eigenvalue weighted by molar-refractivity contribution is -0.137. The summed E-state index contributed by atoms with van der Waals surface area (Å²) >= 11 is 0. The second-order valence-electron chi connectivity index (χ2n) is 9.29. The number of nitrogens with zero attached hydrogens (tertiary/aromatic N) is 2. The number of aryl methyl sites for hydroxylation is 1. The number of carbonyl (C=O) groups excluding carboxylic acids is 1. The quantitative estimate of drug-likeness (QED) is 0.265. The Balaban J connectivity index is 1.51. The summed E-state index contributed by atoms with van der Waals surface area (Å²) in [5.41, 5.74) is 4.66. The fraction of sp³-hybridized carbons (Fsp3) is 0.200. The van der Waals surface area contributed by atoms with Gasteiger partial charge in [0.15, 0.2) is 0 Å². The predicted octanol–water partition coefficient (Wildman–Crippen LogP) is 5.50. The second kappa shape index (κ2) is 12.1. The second-order valence-corrected chi connectivity index (χ2v) is 9.29. The van der Waals surface area contributed by atoms with E-state index in [4.69, 9.17) is 9.84 Å². The summed E-state index contributed by atoms with van der Waals surface area (Å²) in [5, 5.41) is 14.6. The standard InChI is InChI=1S/C30H30N4O5/c1-19-6-4-5-7-25(19)32-30(38)33-26-13-12-23(15-27(26)39-3)24-16-31-18-34(29(24)37)17-21-8-10-22(11-9-21)20(2)14-28(35)36/h4-13,15-16,18,20H,14,17H2,1-3H3,(H,35,36)(H2,32,33,38)/t20-/m1/s1. The molecule has 1 heterocycles. The van der Waals surface area contributed by atoms with Crippen LogP contribution in [0.15, 0.2) is 84.0 Å². The minimum Gasteiger partial charge on any atom is -0.495 e. The van der Waals surface area contributed by atoms with E-state index in [-0.39, 0.29) is 17.9 Å². The van der Waals surface area contributed by atoms with Crippen LogP contribution in [-0.4, -0.2) is 33.8 Å². The Hall–Kier alpha value is -4.92. The Morgan fingerprint density at radius 3 is 2.44 bits per heavy atom. The largest absolute Gasteiger partial charge is 0.495 e. The topological polar surface area (TPSA) is 123 Å². The van der Waals surface area contributed by atoms with Crippen molar-refractivity contribution >= 4 is 23.4 Å². The summed E-state index contributed by atoms with van der Waals surface area (Å²) in [5.74, 6) is -0.550. The number of carbonyl (C=O) groups is 2. The Bertz CT molecular complexity index is 1550. The van der Waals surface area contributed by atoms with Crippen LogP contribution in [0.3, 0.4) is 0 Å². The number of aliphatic carboxylic acids is 1. The predicted molar refractivity (Wildman–Crippen MR) is 151 cm³/mol. The van der Waals surface area contributed by atoms with Gasteiger partial charge in [0.05, 0.1) is 37.7 Å². The fourth-order valence-corrected chi connectivity index (χ4v) is 4.24. The molecule has 0 saturated carbocycles. The molecule has 0 spiro atoms. The minimum atomic E-state index is -0.841. The van der Waals surface area contributed by atoms with E-state index < -0.39 is 12.0 Å². The van der Waals surface area contributed by atoms with Crippen molar-refractivity contribution in [1.82, 2.24) is 9.55 Å². The van der Waals surface area contributed by atoms with Gasteiger partial charge in [-0.15, -0.1) is 0 Å². The monoisotopic (exact) mass is 526 g/mol. The van der Waals surface area contributed by atoms with E-state index in [1.807, 2.05) is 62.4 Å². The van der Waals surface area contributed by atoms with E-state index in [1.54, 1.807) is 18.2 Å². The lowest BCUT2D eigenvalue weighted by Gasteiger charge is -2.14. The Labute approximate surface area is 226 Å². The third-order valence-corrected chi connectivity index (χ3v) is 6.44. The van der Waals surface area contributed by atoms with Crippen LogP contribution < -0.4 is 20.9 Å². The molecule has 0 radical (unpaired) electrons. The van der Waals surface area contributed by atoms with E-state index in [0.29, 0.717) is 34.8 Å². The summed E-state index contributed by atoms with van der Waals surface area (Å²) < 4.78 is 7.01. The van der Waals surface area contributed by atoms with Gasteiger partial charge >= 0.3 is 12.0 Å². The zero-order chi connectivity index (χ0) is 27.9. The first-order valence-corrected chi connectivity index (χ1v) is 12.4. The lowest BCUT2D eigenvalue weighted by atomic mass is 9.97. The van der Waals surface area contributed by atoms with E-state index in [1.165, 1.54) is 24.2 Å². The third-order valence-electron chi connectivity index (χ3n) is 6.44. The van der Waals surface area contributed by atoms with E-state index >= 15 is 0 Å². The van der Waals surface area contributed by atoms with Crippen LogP contribution in [0.5, 0.6) is 5.75 Å². The van der Waals surface area contributed by atoms with Gasteiger partial charge in [-0.05, 0) is 53.3 Å². The molecule has 3 aromatic carbocycles. The number of para-hydroxylation sites is 1. The number of aromatic nitrogens is 2. The van der Waals surface area contributed by atoms with Crippen LogP contribution in [-0.2, 0) is 11.3 Å². The first-order valence-electron chi connectivity index (χ1n) is 12.4. The van der Waals surface area contributed by atoms with Crippen LogP contribution in [0.1, 0.15) is 36.0 Å². The smallest absolute Gasteiger partial charge is 0.323 e. The summed E-state index contributed by atoms with van der Waals surface area (Å²) in [7, 11) is 1.49. The van der Waals surface area contributed by atoms with Crippen molar-refractivity contribution in [3.05, 3.63) is 106 Å². The van der Waals surface area contributed by atoms with Gasteiger partial charge in [0.2, 0.25) is 0 Å². The fourth-order valence-electron chi connectivity index (χ4n) is 4.24. The highest BCUT2D eigenvalue weighted by Crippen LogP contribution is 2.30. The molecule has 0 aliphatic carbocycles. The average Bonchev–Trinajstić information content (AvgIpc) is 2.91. The molecule has 3 N–H and O–H groups in total. The van der Waals surface area contributed by atoms with Crippen LogP contribution in [0.25, 0.3) is 11.1 Å². The Morgan fingerprint density at radius 1 is 1.03 bits per heavy atom. The molecule has 1 aromatic heterocycles. The molecule has 0 aliphatic rings. The molecule has 0 fully saturated rings. The number of rotatable bonds is 9. The highest BCUT2D eigenvalue weighted by molar-refractivity contribution is 6.01. The average molecular weight is 527 g/mol. The van der Waals surface area contributed by atoms with Crippen LogP contribution in [0, 0.1) is 6.92 Å². The van der Waals surface area contributed by atoms with Gasteiger partial charge in [-0.25, -0.2) is 9.78 Å². The van der Waals surface area contributed by atoms with Gasteiger partial charge in [0.25, 0.3) is 5.56 Å². The highest BCUT2D eigenvalue weighted by Gasteiger charge is 2.14. The SMILES string of the molecule is COc1cc(-c2cncn(Cc3ccc([C@H](C)CC(=O)O)cc3)c2=O)ccc1NC(=O)Nc1ccccc1C. The van der Waals surface area contributed by atoms with E-state index in [2.05, 4.69) is 15.6 Å². The number of amides is 2. The molecule has 9 nitrogen and oxygen atoms in total. The van der Waals surface area contributed by atoms with Crippen molar-refractivity contribution in [3.8, 4) is 16.9 Å². The number of methoxy groups -OCH3 is 1. The molecule has 39 heavy (non-hydrogen) atoms. The van der Waals surface area contributed by atoms with Gasteiger partial charge in [-0.3, -0.25) is 14.2 Å². The molecular weight excluding hydrogens is 496 g/mol. The van der Waals surface area contributed by atoms with E-state index in [9.17, 15) is 14.4 Å². The Morgan fingerprint density at radius 2 is 1.74 bits per heavy atom. The van der Waals surface area contributed by atoms with E-state index in [0.717, 1.165) is 16.7 Å².